The van der Waals surface area contributed by atoms with Gasteiger partial charge in [-0.2, -0.15) is 0 Å². The highest BCUT2D eigenvalue weighted by atomic mass is 127. The molecule has 2 rings (SSSR count). The van der Waals surface area contributed by atoms with Crippen LogP contribution >= 0.6 is 24.0 Å². The fraction of sp³-hybridized carbons (Fsp3) is 0.636. The van der Waals surface area contributed by atoms with E-state index in [1.165, 1.54) is 5.56 Å². The molecule has 1 amide bonds. The first kappa shape index (κ1) is 26.6. The molecule has 0 atom stereocenters. The van der Waals surface area contributed by atoms with Crippen molar-refractivity contribution in [2.75, 3.05) is 60.6 Å². The molecule has 1 heterocycles. The second kappa shape index (κ2) is 15.4. The minimum absolute atomic E-state index is 0. The van der Waals surface area contributed by atoms with Crippen molar-refractivity contribution in [1.82, 2.24) is 15.1 Å². The molecule has 0 saturated carbocycles. The number of nitrogens with one attached hydrogen (secondary N) is 1. The number of guanidine groups is 1. The Morgan fingerprint density at radius 1 is 1.20 bits per heavy atom. The molecule has 0 radical (unpaired) electrons. The Morgan fingerprint density at radius 2 is 1.90 bits per heavy atom. The van der Waals surface area contributed by atoms with Crippen LogP contribution in [0.2, 0.25) is 0 Å². The maximum Gasteiger partial charge on any atom is 0.243 e. The van der Waals surface area contributed by atoms with E-state index in [1.54, 1.807) is 26.1 Å². The van der Waals surface area contributed by atoms with E-state index < -0.39 is 0 Å². The largest absolute Gasteiger partial charge is 0.385 e. The maximum atomic E-state index is 12.0. The van der Waals surface area contributed by atoms with Crippen LogP contribution in [-0.4, -0.2) is 88.4 Å². The number of ether oxygens (including phenoxy) is 2. The van der Waals surface area contributed by atoms with Crippen molar-refractivity contribution in [3.63, 3.8) is 0 Å². The predicted octanol–water partition coefficient (Wildman–Crippen LogP) is 2.40. The highest BCUT2D eigenvalue weighted by Gasteiger charge is 2.22. The highest BCUT2D eigenvalue weighted by Crippen LogP contribution is 2.14. The summed E-state index contributed by atoms with van der Waals surface area (Å²) in [4.78, 5) is 20.4. The zero-order chi connectivity index (χ0) is 20.9. The molecule has 0 aliphatic carbocycles. The molecule has 1 fully saturated rings. The number of carbonyl (C=O) groups is 1. The van der Waals surface area contributed by atoms with Crippen LogP contribution in [0.4, 0.5) is 0 Å². The fourth-order valence-electron chi connectivity index (χ4n) is 3.20. The van der Waals surface area contributed by atoms with Crippen LogP contribution < -0.4 is 5.32 Å². The Labute approximate surface area is 198 Å². The Morgan fingerprint density at radius 3 is 2.53 bits per heavy atom. The van der Waals surface area contributed by atoms with Crippen LogP contribution in [0.1, 0.15) is 24.8 Å². The van der Waals surface area contributed by atoms with Gasteiger partial charge in [-0.15, -0.1) is 24.0 Å². The molecule has 170 valence electrons. The third-order valence-electron chi connectivity index (χ3n) is 4.99. The summed E-state index contributed by atoms with van der Waals surface area (Å²) in [6, 6.07) is 10.4. The summed E-state index contributed by atoms with van der Waals surface area (Å²) < 4.78 is 11.0. The minimum Gasteiger partial charge on any atom is -0.385 e. The molecule has 1 aliphatic rings. The minimum atomic E-state index is 0. The standard InChI is InChI=1S/C22H36N4O3.HI/c1-25(2)21(27)18-24-22(23-13-10-19-8-5-4-6-9-19)26-14-11-20(12-15-26)29-17-7-16-28-3;/h4-6,8-9,20H,7,10-18H2,1-3H3,(H,23,24);1H. The van der Waals surface area contributed by atoms with Gasteiger partial charge in [-0.05, 0) is 31.2 Å². The number of hydrogen-bond donors (Lipinski definition) is 1. The van der Waals surface area contributed by atoms with Crippen LogP contribution in [0.15, 0.2) is 35.3 Å². The number of likely N-dealkylation sites (N-methyl/N-ethyl adjacent to an activating group) is 1. The van der Waals surface area contributed by atoms with E-state index in [0.29, 0.717) is 0 Å². The molecule has 0 spiro atoms. The number of halogens is 1. The summed E-state index contributed by atoms with van der Waals surface area (Å²) >= 11 is 0. The Balaban J connectivity index is 0.00000450. The van der Waals surface area contributed by atoms with Crippen LogP contribution in [0.25, 0.3) is 0 Å². The van der Waals surface area contributed by atoms with Crippen LogP contribution in [0.3, 0.4) is 0 Å². The second-order valence-electron chi connectivity index (χ2n) is 7.49. The molecule has 0 unspecified atom stereocenters. The lowest BCUT2D eigenvalue weighted by molar-refractivity contribution is -0.127. The van der Waals surface area contributed by atoms with E-state index in [4.69, 9.17) is 9.47 Å². The summed E-state index contributed by atoms with van der Waals surface area (Å²) in [6.45, 7) is 4.18. The summed E-state index contributed by atoms with van der Waals surface area (Å²) in [5, 5.41) is 3.45. The van der Waals surface area contributed by atoms with Gasteiger partial charge in [-0.1, -0.05) is 30.3 Å². The quantitative estimate of drug-likeness (QED) is 0.217. The Kier molecular flexibility index (Phi) is 13.7. The summed E-state index contributed by atoms with van der Waals surface area (Å²) in [5.41, 5.74) is 1.28. The van der Waals surface area contributed by atoms with Gasteiger partial charge in [0.15, 0.2) is 5.96 Å². The molecule has 1 aromatic carbocycles. The van der Waals surface area contributed by atoms with E-state index in [2.05, 4.69) is 39.5 Å². The third-order valence-corrected chi connectivity index (χ3v) is 4.99. The first-order valence-electron chi connectivity index (χ1n) is 10.5. The number of piperidine rings is 1. The number of nitrogens with zero attached hydrogens (tertiary/aromatic N) is 3. The average molecular weight is 532 g/mol. The molecular weight excluding hydrogens is 495 g/mol. The topological polar surface area (TPSA) is 66.4 Å². The van der Waals surface area contributed by atoms with Gasteiger partial charge in [-0.25, -0.2) is 4.99 Å². The number of rotatable bonds is 10. The lowest BCUT2D eigenvalue weighted by atomic mass is 10.1. The lowest BCUT2D eigenvalue weighted by Gasteiger charge is -2.34. The Bertz CT molecular complexity index is 620. The monoisotopic (exact) mass is 532 g/mol. The number of benzene rings is 1. The SMILES string of the molecule is COCCCOC1CCN(C(=NCC(=O)N(C)C)NCCc2ccccc2)CC1.I. The van der Waals surface area contributed by atoms with Gasteiger partial charge in [0.2, 0.25) is 5.91 Å². The van der Waals surface area contributed by atoms with Gasteiger partial charge in [0.1, 0.15) is 6.54 Å². The molecule has 0 bridgehead atoms. The van der Waals surface area contributed by atoms with Crippen molar-refractivity contribution in [2.45, 2.75) is 31.8 Å². The van der Waals surface area contributed by atoms with Gasteiger partial charge in [0, 0.05) is 54.1 Å². The first-order valence-corrected chi connectivity index (χ1v) is 10.5. The van der Waals surface area contributed by atoms with Crippen molar-refractivity contribution in [3.05, 3.63) is 35.9 Å². The van der Waals surface area contributed by atoms with Crippen LogP contribution in [0.5, 0.6) is 0 Å². The normalized spacial score (nSPS) is 14.9. The van der Waals surface area contributed by atoms with Crippen LogP contribution in [-0.2, 0) is 20.7 Å². The smallest absolute Gasteiger partial charge is 0.243 e. The van der Waals surface area contributed by atoms with E-state index >= 15 is 0 Å². The van der Waals surface area contributed by atoms with E-state index in [-0.39, 0.29) is 42.5 Å². The molecule has 8 heteroatoms. The molecule has 0 aromatic heterocycles. The molecular formula is C22H37IN4O3. The molecule has 1 aromatic rings. The van der Waals surface area contributed by atoms with Crippen molar-refractivity contribution in [3.8, 4) is 0 Å². The molecule has 1 saturated heterocycles. The van der Waals surface area contributed by atoms with Crippen molar-refractivity contribution in [2.24, 2.45) is 4.99 Å². The van der Waals surface area contributed by atoms with Crippen LogP contribution in [0, 0.1) is 0 Å². The lowest BCUT2D eigenvalue weighted by Crippen LogP contribution is -2.48. The van der Waals surface area contributed by atoms with Crippen molar-refractivity contribution >= 4 is 35.8 Å². The third kappa shape index (κ3) is 10.1. The first-order chi connectivity index (χ1) is 14.1. The predicted molar refractivity (Wildman–Crippen MR) is 132 cm³/mol. The zero-order valence-corrected chi connectivity index (χ0v) is 20.8. The fourth-order valence-corrected chi connectivity index (χ4v) is 3.20. The average Bonchev–Trinajstić information content (AvgIpc) is 2.74. The van der Waals surface area contributed by atoms with E-state index in [0.717, 1.165) is 64.5 Å². The second-order valence-corrected chi connectivity index (χ2v) is 7.49. The highest BCUT2D eigenvalue weighted by molar-refractivity contribution is 14.0. The van der Waals surface area contributed by atoms with Gasteiger partial charge >= 0.3 is 0 Å². The number of hydrogen-bond acceptors (Lipinski definition) is 4. The van der Waals surface area contributed by atoms with Gasteiger partial charge in [-0.3, -0.25) is 4.79 Å². The maximum absolute atomic E-state index is 12.0. The number of carbonyl (C=O) groups excluding carboxylic acids is 1. The van der Waals surface area contributed by atoms with Gasteiger partial charge in [0.05, 0.1) is 6.10 Å². The van der Waals surface area contributed by atoms with E-state index in [9.17, 15) is 4.79 Å². The summed E-state index contributed by atoms with van der Waals surface area (Å²) in [6.07, 6.45) is 4.07. The number of amides is 1. The number of likely N-dealkylation sites (tertiary alicyclic amines) is 1. The van der Waals surface area contributed by atoms with Gasteiger partial charge in [0.25, 0.3) is 0 Å². The molecule has 30 heavy (non-hydrogen) atoms. The zero-order valence-electron chi connectivity index (χ0n) is 18.5. The summed E-state index contributed by atoms with van der Waals surface area (Å²) in [5.74, 6) is 0.817. The number of methoxy groups -OCH3 is 1. The summed E-state index contributed by atoms with van der Waals surface area (Å²) in [7, 11) is 5.23. The molecule has 1 aliphatic heterocycles. The molecule has 7 nitrogen and oxygen atoms in total. The number of aliphatic imine (C=N–C) groups is 1. The van der Waals surface area contributed by atoms with Crippen molar-refractivity contribution in [1.29, 1.82) is 0 Å². The molecule has 1 N–H and O–H groups in total. The van der Waals surface area contributed by atoms with Gasteiger partial charge < -0.3 is 24.6 Å². The Hall–Kier alpha value is -1.39. The van der Waals surface area contributed by atoms with E-state index in [1.807, 2.05) is 6.07 Å². The van der Waals surface area contributed by atoms with Crippen molar-refractivity contribution < 1.29 is 14.3 Å².